The summed E-state index contributed by atoms with van der Waals surface area (Å²) >= 11 is 0. The van der Waals surface area contributed by atoms with Crippen LogP contribution in [0.25, 0.3) is 0 Å². The number of ether oxygens (including phenoxy) is 5. The molecule has 0 fully saturated rings. The normalized spacial score (nSPS) is 22.1. The first-order chi connectivity index (χ1) is 46.3. The number of phenols is 22. The van der Waals surface area contributed by atoms with E-state index in [0.29, 0.717) is 30.3 Å². The van der Waals surface area contributed by atoms with Gasteiger partial charge in [-0.3, -0.25) is 0 Å². The highest BCUT2D eigenvalue weighted by atomic mass is 16.6. The van der Waals surface area contributed by atoms with Gasteiger partial charge in [-0.25, -0.2) is 4.79 Å². The number of phenolic OH excluding ortho intramolecular Hbond substituents is 22. The molecule has 0 aromatic heterocycles. The van der Waals surface area contributed by atoms with E-state index in [0.717, 1.165) is 60.7 Å². The Balaban J connectivity index is 1.13. The van der Waals surface area contributed by atoms with E-state index in [4.69, 9.17) is 23.7 Å². The van der Waals surface area contributed by atoms with E-state index < -0.39 is 279 Å². The van der Waals surface area contributed by atoms with Crippen molar-refractivity contribution in [1.82, 2.24) is 0 Å². The van der Waals surface area contributed by atoms with Crippen LogP contribution >= 0.6 is 0 Å². The lowest BCUT2D eigenvalue weighted by Crippen LogP contribution is -2.41. The summed E-state index contributed by atoms with van der Waals surface area (Å²) < 4.78 is 32.1. The first-order valence-electron chi connectivity index (χ1n) is 29.1. The predicted octanol–water partition coefficient (Wildman–Crippen LogP) is 5.99. The second-order valence-electron chi connectivity index (χ2n) is 23.7. The number of aliphatic hydroxyl groups is 3. The topological polar surface area (TPSA) is 569 Å². The third kappa shape index (κ3) is 10.1. The van der Waals surface area contributed by atoms with Crippen LogP contribution < -0.4 is 18.9 Å². The minimum Gasteiger partial charge on any atom is -0.508 e. The van der Waals surface area contributed by atoms with Gasteiger partial charge in [-0.15, -0.1) is 0 Å². The number of fused-ring (bicyclic) bond motifs is 4. The number of carbonyl (C=O) groups excluding carboxylic acids is 1. The third-order valence-electron chi connectivity index (χ3n) is 17.8. The smallest absolute Gasteiger partial charge is 0.338 e. The highest BCUT2D eigenvalue weighted by Gasteiger charge is 2.55. The number of rotatable bonds is 9. The Morgan fingerprint density at radius 1 is 0.327 bits per heavy atom. The molecule has 0 saturated heterocycles. The van der Waals surface area contributed by atoms with Crippen LogP contribution in [0.2, 0.25) is 0 Å². The fraction of sp³-hybridized carbons (Fsp3) is 0.179. The van der Waals surface area contributed by atoms with Crippen molar-refractivity contribution in [1.29, 1.82) is 0 Å². The quantitative estimate of drug-likeness (QED) is 0.0582. The van der Waals surface area contributed by atoms with Crippen LogP contribution in [-0.2, 0) is 11.2 Å². The zero-order valence-electron chi connectivity index (χ0n) is 49.4. The standard InChI is InChI=1S/C67H54O31/c68-23-12-28(72)44-43(13-23)94-60(19-4-34(78)53(87)35(79)5-19)57(91)50(44)45-30(74)16-31(75)46-51(58(92)61(96-64(45)46)20-6-36(80)54(88)37(81)7-20)47-32(76)17-33(77)49-52(48-29(73)15-26(70)24-14-42(86)59(95-63(24)48)18-1-2-25(69)27(71)3-18)66(98-67(93)22-10-40(84)56(90)41(85)11-22)62(97-65(47)49)21-8-38(82)55(89)39(83)9-21/h1-13,15-17,42,50-52,57-62,66,68-92H,14H2. The van der Waals surface area contributed by atoms with Gasteiger partial charge in [0.25, 0.3) is 0 Å². The highest BCUT2D eigenvalue weighted by molar-refractivity contribution is 5.91. The van der Waals surface area contributed by atoms with Crippen LogP contribution in [-0.4, -0.2) is 158 Å². The van der Waals surface area contributed by atoms with Crippen molar-refractivity contribution in [3.05, 3.63) is 164 Å². The Hall–Kier alpha value is -12.9. The van der Waals surface area contributed by atoms with Gasteiger partial charge in [0.05, 0.1) is 29.4 Å². The van der Waals surface area contributed by atoms with Gasteiger partial charge in [-0.2, -0.15) is 0 Å². The number of hydrogen-bond donors (Lipinski definition) is 25. The number of esters is 1. The molecule has 9 aromatic rings. The molecular formula is C67H54O31. The van der Waals surface area contributed by atoms with E-state index in [1.165, 1.54) is 6.07 Å². The second kappa shape index (κ2) is 23.0. The van der Waals surface area contributed by atoms with Crippen LogP contribution in [0, 0.1) is 0 Å². The molecule has 25 N–H and O–H groups in total. The summed E-state index contributed by atoms with van der Waals surface area (Å²) in [4.78, 5) is 14.9. The molecule has 4 heterocycles. The zero-order valence-corrected chi connectivity index (χ0v) is 49.4. The van der Waals surface area contributed by atoms with Gasteiger partial charge in [0.15, 0.2) is 105 Å². The summed E-state index contributed by atoms with van der Waals surface area (Å²) in [7, 11) is 0. The average molecular weight is 1360 g/mol. The Morgan fingerprint density at radius 3 is 1.16 bits per heavy atom. The molecule has 0 spiro atoms. The van der Waals surface area contributed by atoms with Crippen molar-refractivity contribution in [3.63, 3.8) is 0 Å². The van der Waals surface area contributed by atoms with Crippen LogP contribution in [0.3, 0.4) is 0 Å². The molecule has 11 unspecified atom stereocenters. The summed E-state index contributed by atoms with van der Waals surface area (Å²) in [5.74, 6) is -33.2. The summed E-state index contributed by atoms with van der Waals surface area (Å²) in [5, 5.41) is 285. The molecular weight excluding hydrogens is 1300 g/mol. The molecule has 9 aromatic carbocycles. The van der Waals surface area contributed by atoms with Gasteiger partial charge in [0.2, 0.25) is 0 Å². The number of hydrogen-bond acceptors (Lipinski definition) is 31. The van der Waals surface area contributed by atoms with Crippen molar-refractivity contribution >= 4 is 5.97 Å². The van der Waals surface area contributed by atoms with Crippen LogP contribution in [0.4, 0.5) is 0 Å². The van der Waals surface area contributed by atoms with E-state index in [1.807, 2.05) is 0 Å². The minimum absolute atomic E-state index is 0.0701. The Bertz CT molecular complexity index is 4760. The molecule has 11 atom stereocenters. The summed E-state index contributed by atoms with van der Waals surface area (Å²) in [6, 6.07) is 12.7. The maximum Gasteiger partial charge on any atom is 0.338 e. The predicted molar refractivity (Wildman–Crippen MR) is 325 cm³/mol. The lowest BCUT2D eigenvalue weighted by atomic mass is 9.72. The minimum atomic E-state index is -2.46. The van der Waals surface area contributed by atoms with E-state index in [2.05, 4.69) is 0 Å². The SMILES string of the molecule is O=C(OC1C(c2cc(O)c(O)c(O)c2)Oc2c(C3c4c(O)cc(O)c(C5c6c(O)cc(O)cc6OC(c6cc(O)c(O)c(O)c6)C5O)c4OC(c4cc(O)c(O)c(O)c4)C3O)c(O)cc(O)c2C1c1c(O)cc(O)c2c1OC(c1ccc(O)c(O)c1)C(O)C2)c1cc(O)c(O)c(O)c1. The van der Waals surface area contributed by atoms with Gasteiger partial charge in [-0.05, 0) is 66.2 Å². The lowest BCUT2D eigenvalue weighted by Gasteiger charge is -2.45. The largest absolute Gasteiger partial charge is 0.508 e. The van der Waals surface area contributed by atoms with Crippen molar-refractivity contribution in [2.75, 3.05) is 0 Å². The first kappa shape index (κ1) is 63.9. The van der Waals surface area contributed by atoms with Gasteiger partial charge in [0, 0.05) is 92.4 Å². The van der Waals surface area contributed by atoms with E-state index in [1.54, 1.807) is 0 Å². The summed E-state index contributed by atoms with van der Waals surface area (Å²) in [6.07, 6.45) is -17.3. The number of aliphatic hydroxyl groups excluding tert-OH is 3. The first-order valence-corrected chi connectivity index (χ1v) is 29.1. The molecule has 0 bridgehead atoms. The molecule has 0 saturated carbocycles. The molecule has 4 aliphatic heterocycles. The average Bonchev–Trinajstić information content (AvgIpc) is 0.703. The molecule has 4 aliphatic rings. The number of aromatic hydroxyl groups is 22. The molecule has 0 aliphatic carbocycles. The van der Waals surface area contributed by atoms with Crippen LogP contribution in [0.5, 0.6) is 149 Å². The molecule has 31 nitrogen and oxygen atoms in total. The Kier molecular flexibility index (Phi) is 15.0. The fourth-order valence-electron chi connectivity index (χ4n) is 13.4. The van der Waals surface area contributed by atoms with Crippen molar-refractivity contribution < 1.29 is 156 Å². The number of carbonyl (C=O) groups is 1. The summed E-state index contributed by atoms with van der Waals surface area (Å²) in [6.45, 7) is 0. The van der Waals surface area contributed by atoms with Crippen LogP contribution in [0.15, 0.2) is 97.1 Å². The summed E-state index contributed by atoms with van der Waals surface area (Å²) in [5.41, 5.74) is -6.86. The molecule has 508 valence electrons. The molecule has 0 amide bonds. The Labute approximate surface area is 546 Å². The van der Waals surface area contributed by atoms with Crippen molar-refractivity contribution in [2.45, 2.75) is 73.0 Å². The van der Waals surface area contributed by atoms with Crippen molar-refractivity contribution in [3.8, 4) is 149 Å². The maximum atomic E-state index is 14.9. The maximum absolute atomic E-state index is 14.9. The van der Waals surface area contributed by atoms with Gasteiger partial charge in [-0.1, -0.05) is 6.07 Å². The van der Waals surface area contributed by atoms with E-state index in [9.17, 15) is 132 Å². The highest BCUT2D eigenvalue weighted by Crippen LogP contribution is 2.66. The van der Waals surface area contributed by atoms with Crippen LogP contribution in [0.1, 0.15) is 114 Å². The Morgan fingerprint density at radius 2 is 0.694 bits per heavy atom. The van der Waals surface area contributed by atoms with Gasteiger partial charge in [0.1, 0.15) is 87.3 Å². The molecule has 13 rings (SSSR count). The molecule has 98 heavy (non-hydrogen) atoms. The van der Waals surface area contributed by atoms with E-state index in [-0.39, 0.29) is 16.7 Å². The monoisotopic (exact) mass is 1350 g/mol. The lowest BCUT2D eigenvalue weighted by molar-refractivity contribution is -0.0304. The fourth-order valence-corrected chi connectivity index (χ4v) is 13.4. The van der Waals surface area contributed by atoms with Crippen molar-refractivity contribution in [2.24, 2.45) is 0 Å². The molecule has 31 heteroatoms. The van der Waals surface area contributed by atoms with Gasteiger partial charge >= 0.3 is 5.97 Å². The van der Waals surface area contributed by atoms with Gasteiger partial charge < -0.3 is 151 Å². The third-order valence-corrected chi connectivity index (χ3v) is 17.8. The molecule has 0 radical (unpaired) electrons. The van der Waals surface area contributed by atoms with E-state index >= 15 is 0 Å². The zero-order chi connectivity index (χ0) is 70.4. The number of benzene rings is 9. The second-order valence-corrected chi connectivity index (χ2v) is 23.7.